The summed E-state index contributed by atoms with van der Waals surface area (Å²) >= 11 is 5.87. The number of aliphatic hydroxyl groups excluding tert-OH is 1. The van der Waals surface area contributed by atoms with E-state index in [-0.39, 0.29) is 30.3 Å². The molecule has 136 valence electrons. The van der Waals surface area contributed by atoms with E-state index >= 15 is 0 Å². The summed E-state index contributed by atoms with van der Waals surface area (Å²) in [6.45, 7) is 4.77. The predicted molar refractivity (Wildman–Crippen MR) is 94.2 cm³/mol. The Kier molecular flexibility index (Phi) is 5.44. The van der Waals surface area contributed by atoms with Crippen LogP contribution >= 0.6 is 11.6 Å². The smallest absolute Gasteiger partial charge is 0.226 e. The average Bonchev–Trinajstić information content (AvgIpc) is 3.22. The van der Waals surface area contributed by atoms with Crippen molar-refractivity contribution in [3.05, 3.63) is 35.4 Å². The summed E-state index contributed by atoms with van der Waals surface area (Å²) in [6, 6.07) is 1.90. The Morgan fingerprint density at radius 3 is 2.92 bits per heavy atom. The number of halogens is 1. The summed E-state index contributed by atoms with van der Waals surface area (Å²) in [7, 11) is 0. The highest BCUT2D eigenvalue weighted by molar-refractivity contribution is 6.30. The second-order valence-corrected chi connectivity index (χ2v) is 7.45. The van der Waals surface area contributed by atoms with E-state index in [0.29, 0.717) is 18.0 Å². The molecule has 2 heterocycles. The molecule has 2 aromatic rings. The number of nitrogens with one attached hydrogen (secondary N) is 1. The molecule has 25 heavy (non-hydrogen) atoms. The SMILES string of the molecule is CC(C)n1ccc(CC(=O)N[C@@H]2CC(Cn3cc(Cl)cn3)C[C@H]2O)n1. The van der Waals surface area contributed by atoms with Crippen molar-refractivity contribution >= 4 is 17.5 Å². The molecule has 1 fully saturated rings. The van der Waals surface area contributed by atoms with Gasteiger partial charge in [0.25, 0.3) is 0 Å². The molecule has 8 heteroatoms. The number of rotatable bonds is 6. The zero-order valence-corrected chi connectivity index (χ0v) is 15.2. The van der Waals surface area contributed by atoms with Gasteiger partial charge in [-0.2, -0.15) is 10.2 Å². The third-order valence-corrected chi connectivity index (χ3v) is 4.75. The molecular weight excluding hydrogens is 342 g/mol. The molecule has 3 rings (SSSR count). The van der Waals surface area contributed by atoms with Crippen molar-refractivity contribution < 1.29 is 9.90 Å². The van der Waals surface area contributed by atoms with Crippen LogP contribution in [0.25, 0.3) is 0 Å². The van der Waals surface area contributed by atoms with Gasteiger partial charge in [0, 0.05) is 25.0 Å². The van der Waals surface area contributed by atoms with E-state index in [1.54, 1.807) is 17.1 Å². The van der Waals surface area contributed by atoms with Crippen molar-refractivity contribution in [3.63, 3.8) is 0 Å². The lowest BCUT2D eigenvalue weighted by Crippen LogP contribution is -2.40. The van der Waals surface area contributed by atoms with Gasteiger partial charge in [0.2, 0.25) is 5.91 Å². The first-order valence-corrected chi connectivity index (χ1v) is 8.98. The fourth-order valence-electron chi connectivity index (χ4n) is 3.31. The fraction of sp³-hybridized carbons (Fsp3) is 0.588. The highest BCUT2D eigenvalue weighted by Gasteiger charge is 2.34. The maximum atomic E-state index is 12.3. The Morgan fingerprint density at radius 1 is 1.48 bits per heavy atom. The Morgan fingerprint density at radius 2 is 2.28 bits per heavy atom. The molecule has 1 aliphatic rings. The fourth-order valence-corrected chi connectivity index (χ4v) is 3.46. The summed E-state index contributed by atoms with van der Waals surface area (Å²) in [5, 5.41) is 22.3. The standard InChI is InChI=1S/C17H24ClN5O2/c1-11(2)23-4-3-14(21-23)7-17(25)20-15-5-12(6-16(15)24)9-22-10-13(18)8-19-22/h3-4,8,10-12,15-16,24H,5-7,9H2,1-2H3,(H,20,25)/t12?,15-,16-/m1/s1. The second kappa shape index (κ2) is 7.58. The minimum atomic E-state index is -0.534. The molecule has 1 aliphatic carbocycles. The van der Waals surface area contributed by atoms with Crippen molar-refractivity contribution in [2.75, 3.05) is 0 Å². The largest absolute Gasteiger partial charge is 0.391 e. The van der Waals surface area contributed by atoms with E-state index in [1.807, 2.05) is 30.8 Å². The van der Waals surface area contributed by atoms with Gasteiger partial charge in [0.15, 0.2) is 0 Å². The molecule has 1 unspecified atom stereocenters. The van der Waals surface area contributed by atoms with E-state index in [2.05, 4.69) is 15.5 Å². The molecule has 0 spiro atoms. The topological polar surface area (TPSA) is 85.0 Å². The lowest BCUT2D eigenvalue weighted by Gasteiger charge is -2.16. The lowest BCUT2D eigenvalue weighted by atomic mass is 10.1. The lowest BCUT2D eigenvalue weighted by molar-refractivity contribution is -0.121. The van der Waals surface area contributed by atoms with Crippen LogP contribution in [0.1, 0.15) is 38.4 Å². The third kappa shape index (κ3) is 4.61. The molecule has 2 N–H and O–H groups in total. The van der Waals surface area contributed by atoms with Crippen molar-refractivity contribution in [1.82, 2.24) is 24.9 Å². The van der Waals surface area contributed by atoms with Crippen LogP contribution in [-0.4, -0.2) is 42.7 Å². The molecule has 0 bridgehead atoms. The summed E-state index contributed by atoms with van der Waals surface area (Å²) in [6.07, 6.45) is 6.31. The van der Waals surface area contributed by atoms with Crippen LogP contribution in [0, 0.1) is 5.92 Å². The molecule has 2 aromatic heterocycles. The minimum absolute atomic E-state index is 0.110. The van der Waals surface area contributed by atoms with Gasteiger partial charge in [0.05, 0.1) is 35.5 Å². The number of carbonyl (C=O) groups is 1. The van der Waals surface area contributed by atoms with Gasteiger partial charge in [-0.15, -0.1) is 0 Å². The number of aliphatic hydroxyl groups is 1. The Labute approximate surface area is 152 Å². The Bertz CT molecular complexity index is 726. The zero-order chi connectivity index (χ0) is 18.0. The van der Waals surface area contributed by atoms with Crippen molar-refractivity contribution in [2.24, 2.45) is 5.92 Å². The predicted octanol–water partition coefficient (Wildman–Crippen LogP) is 1.81. The van der Waals surface area contributed by atoms with E-state index in [0.717, 1.165) is 12.1 Å². The van der Waals surface area contributed by atoms with Crippen molar-refractivity contribution in [2.45, 2.75) is 57.8 Å². The van der Waals surface area contributed by atoms with Gasteiger partial charge in [-0.1, -0.05) is 11.6 Å². The van der Waals surface area contributed by atoms with Crippen molar-refractivity contribution in [1.29, 1.82) is 0 Å². The number of nitrogens with zero attached hydrogens (tertiary/aromatic N) is 4. The molecular formula is C17H24ClN5O2. The normalized spacial score (nSPS) is 23.3. The van der Waals surface area contributed by atoms with Crippen LogP contribution in [0.15, 0.2) is 24.7 Å². The average molecular weight is 366 g/mol. The molecule has 0 aromatic carbocycles. The first-order chi connectivity index (χ1) is 11.9. The monoisotopic (exact) mass is 365 g/mol. The molecule has 0 radical (unpaired) electrons. The van der Waals surface area contributed by atoms with Crippen LogP contribution in [0.2, 0.25) is 5.02 Å². The molecule has 7 nitrogen and oxygen atoms in total. The van der Waals surface area contributed by atoms with E-state index < -0.39 is 6.10 Å². The van der Waals surface area contributed by atoms with Gasteiger partial charge in [-0.3, -0.25) is 14.2 Å². The molecule has 1 amide bonds. The van der Waals surface area contributed by atoms with Gasteiger partial charge in [-0.25, -0.2) is 0 Å². The summed E-state index contributed by atoms with van der Waals surface area (Å²) in [4.78, 5) is 12.3. The number of hydrogen-bond acceptors (Lipinski definition) is 4. The molecule has 3 atom stereocenters. The second-order valence-electron chi connectivity index (χ2n) is 7.02. The van der Waals surface area contributed by atoms with Crippen LogP contribution in [0.5, 0.6) is 0 Å². The molecule has 0 saturated heterocycles. The summed E-state index contributed by atoms with van der Waals surface area (Å²) < 4.78 is 3.61. The van der Waals surface area contributed by atoms with E-state index in [1.165, 1.54) is 0 Å². The van der Waals surface area contributed by atoms with E-state index in [9.17, 15) is 9.90 Å². The maximum absolute atomic E-state index is 12.3. The quantitative estimate of drug-likeness (QED) is 0.817. The zero-order valence-electron chi connectivity index (χ0n) is 14.5. The van der Waals surface area contributed by atoms with Crippen LogP contribution in [0.4, 0.5) is 0 Å². The van der Waals surface area contributed by atoms with Gasteiger partial charge in [0.1, 0.15) is 0 Å². The highest BCUT2D eigenvalue weighted by atomic mass is 35.5. The Balaban J connectivity index is 1.50. The molecule has 1 saturated carbocycles. The van der Waals surface area contributed by atoms with Gasteiger partial charge in [-0.05, 0) is 38.7 Å². The third-order valence-electron chi connectivity index (χ3n) is 4.55. The number of amides is 1. The van der Waals surface area contributed by atoms with E-state index in [4.69, 9.17) is 11.6 Å². The van der Waals surface area contributed by atoms with Crippen LogP contribution in [0.3, 0.4) is 0 Å². The maximum Gasteiger partial charge on any atom is 0.226 e. The van der Waals surface area contributed by atoms with Crippen LogP contribution in [-0.2, 0) is 17.8 Å². The van der Waals surface area contributed by atoms with Crippen LogP contribution < -0.4 is 5.32 Å². The highest BCUT2D eigenvalue weighted by Crippen LogP contribution is 2.27. The summed E-state index contributed by atoms with van der Waals surface area (Å²) in [5.74, 6) is 0.150. The number of carbonyl (C=O) groups excluding carboxylic acids is 1. The Hall–Kier alpha value is -1.86. The van der Waals surface area contributed by atoms with Gasteiger partial charge < -0.3 is 10.4 Å². The van der Waals surface area contributed by atoms with Gasteiger partial charge >= 0.3 is 0 Å². The first kappa shape index (κ1) is 17.9. The van der Waals surface area contributed by atoms with Crippen molar-refractivity contribution in [3.8, 4) is 0 Å². The minimum Gasteiger partial charge on any atom is -0.391 e. The first-order valence-electron chi connectivity index (χ1n) is 8.60. The summed E-state index contributed by atoms with van der Waals surface area (Å²) in [5.41, 5.74) is 0.737. The number of aromatic nitrogens is 4. The molecule has 0 aliphatic heterocycles. The number of hydrogen-bond donors (Lipinski definition) is 2.